The van der Waals surface area contributed by atoms with Gasteiger partial charge in [0.05, 0.1) is 5.69 Å². The fourth-order valence-corrected chi connectivity index (χ4v) is 5.33. The monoisotopic (exact) mass is 602 g/mol. The number of anilines is 1. The van der Waals surface area contributed by atoms with Gasteiger partial charge in [-0.25, -0.2) is 8.70 Å². The van der Waals surface area contributed by atoms with E-state index in [0.29, 0.717) is 17.0 Å². The van der Waals surface area contributed by atoms with Crippen molar-refractivity contribution in [2.45, 2.75) is 45.3 Å². The highest BCUT2D eigenvalue weighted by Gasteiger charge is 2.35. The van der Waals surface area contributed by atoms with Gasteiger partial charge in [-0.05, 0) is 48.7 Å². The molecule has 0 saturated heterocycles. The molecule has 0 aliphatic rings. The zero-order chi connectivity index (χ0) is 30.2. The summed E-state index contributed by atoms with van der Waals surface area (Å²) in [4.78, 5) is 29.2. The lowest BCUT2D eigenvalue weighted by molar-refractivity contribution is -0.140. The Morgan fingerprint density at radius 2 is 1.54 bits per heavy atom. The summed E-state index contributed by atoms with van der Waals surface area (Å²) in [5.74, 6) is -1.85. The minimum atomic E-state index is -4.29. The molecule has 0 heterocycles. The maximum Gasteiger partial charge on any atom is 0.304 e. The summed E-state index contributed by atoms with van der Waals surface area (Å²) in [6, 6.07) is 20.3. The van der Waals surface area contributed by atoms with Gasteiger partial charge in [-0.3, -0.25) is 9.59 Å². The number of hydrogen-bond acceptors (Lipinski definition) is 4. The zero-order valence-corrected chi connectivity index (χ0v) is 25.2. The van der Waals surface area contributed by atoms with Gasteiger partial charge in [-0.1, -0.05) is 73.1 Å². The summed E-state index contributed by atoms with van der Waals surface area (Å²) < 4.78 is 43.2. The highest BCUT2D eigenvalue weighted by molar-refractivity contribution is 7.90. The van der Waals surface area contributed by atoms with E-state index < -0.39 is 34.5 Å². The molecular weight excluding hydrogens is 567 g/mol. The molecular formula is C30H36ClFN4O4S. The number of carbonyl (C=O) groups excluding carboxylic acids is 2. The molecule has 3 rings (SSSR count). The van der Waals surface area contributed by atoms with Gasteiger partial charge in [0.25, 0.3) is 0 Å². The summed E-state index contributed by atoms with van der Waals surface area (Å²) in [6.45, 7) is 3.07. The van der Waals surface area contributed by atoms with Crippen molar-refractivity contribution in [3.8, 4) is 0 Å². The molecule has 0 unspecified atom stereocenters. The first kappa shape index (κ1) is 32.0. The Labute approximate surface area is 246 Å². The normalized spacial score (nSPS) is 13.0. The van der Waals surface area contributed by atoms with Crippen molar-refractivity contribution in [3.63, 3.8) is 0 Å². The van der Waals surface area contributed by atoms with Gasteiger partial charge in [-0.15, -0.1) is 0 Å². The molecule has 0 bridgehead atoms. The molecule has 0 aromatic heterocycles. The minimum Gasteiger partial charge on any atom is -0.352 e. The Balaban J connectivity index is 2.10. The molecule has 0 fully saturated rings. The van der Waals surface area contributed by atoms with E-state index in [2.05, 4.69) is 5.32 Å². The maximum atomic E-state index is 14.9. The van der Waals surface area contributed by atoms with Crippen molar-refractivity contribution in [2.24, 2.45) is 0 Å². The van der Waals surface area contributed by atoms with Crippen LogP contribution in [0, 0.1) is 5.82 Å². The van der Waals surface area contributed by atoms with E-state index in [1.807, 2.05) is 44.2 Å². The largest absolute Gasteiger partial charge is 0.352 e. The Morgan fingerprint density at radius 3 is 2.12 bits per heavy atom. The lowest BCUT2D eigenvalue weighted by Crippen LogP contribution is -2.55. The van der Waals surface area contributed by atoms with Crippen LogP contribution in [0.15, 0.2) is 78.9 Å². The van der Waals surface area contributed by atoms with E-state index in [1.54, 1.807) is 24.3 Å². The van der Waals surface area contributed by atoms with Crippen LogP contribution >= 0.6 is 11.6 Å². The predicted molar refractivity (Wildman–Crippen MR) is 160 cm³/mol. The lowest BCUT2D eigenvalue weighted by Gasteiger charge is -2.35. The van der Waals surface area contributed by atoms with Crippen LogP contribution in [0.1, 0.15) is 31.4 Å². The maximum absolute atomic E-state index is 14.9. The molecule has 220 valence electrons. The highest BCUT2D eigenvalue weighted by atomic mass is 35.5. The SMILES string of the molecule is CC[C@@H](C)NC(=O)[C@@H](Cc1ccccc1)N(Cc1ccc(Cl)cc1)C(=O)CN(c1ccccc1F)S(=O)(=O)N(C)C. The fourth-order valence-electron chi connectivity index (χ4n) is 4.14. The Hall–Kier alpha value is -3.47. The Morgan fingerprint density at radius 1 is 0.927 bits per heavy atom. The number of rotatable bonds is 13. The average Bonchev–Trinajstić information content (AvgIpc) is 2.95. The van der Waals surface area contributed by atoms with E-state index in [4.69, 9.17) is 11.6 Å². The third kappa shape index (κ3) is 8.51. The van der Waals surface area contributed by atoms with Gasteiger partial charge in [-0.2, -0.15) is 12.7 Å². The molecule has 0 aliphatic carbocycles. The van der Waals surface area contributed by atoms with E-state index in [9.17, 15) is 22.4 Å². The summed E-state index contributed by atoms with van der Waals surface area (Å²) in [6.07, 6.45) is 0.861. The van der Waals surface area contributed by atoms with Gasteiger partial charge in [0, 0.05) is 38.1 Å². The number of nitrogens with zero attached hydrogens (tertiary/aromatic N) is 3. The number of hydrogen-bond donors (Lipinski definition) is 1. The number of nitrogens with one attached hydrogen (secondary N) is 1. The van der Waals surface area contributed by atoms with E-state index in [-0.39, 0.29) is 30.6 Å². The zero-order valence-electron chi connectivity index (χ0n) is 23.6. The third-order valence-electron chi connectivity index (χ3n) is 6.68. The molecule has 3 aromatic carbocycles. The first-order valence-electron chi connectivity index (χ1n) is 13.3. The summed E-state index contributed by atoms with van der Waals surface area (Å²) in [5.41, 5.74) is 1.23. The molecule has 0 saturated carbocycles. The molecule has 0 radical (unpaired) electrons. The van der Waals surface area contributed by atoms with Gasteiger partial charge in [0.1, 0.15) is 18.4 Å². The van der Waals surface area contributed by atoms with Crippen molar-refractivity contribution >= 4 is 39.3 Å². The molecule has 1 N–H and O–H groups in total. The standard InChI is InChI=1S/C30H36ClFN4O4S/c1-5-22(2)33-30(38)28(19-23-11-7-6-8-12-23)35(20-24-15-17-25(31)18-16-24)29(37)21-36(41(39,40)34(3)4)27-14-10-9-13-26(27)32/h6-18,22,28H,5,19-21H2,1-4H3,(H,33,38)/t22-,28-/m1/s1. The summed E-state index contributed by atoms with van der Waals surface area (Å²) in [5, 5.41) is 3.47. The number of halogens is 2. The molecule has 0 spiro atoms. The number of benzene rings is 3. The average molecular weight is 603 g/mol. The predicted octanol–water partition coefficient (Wildman–Crippen LogP) is 4.65. The Kier molecular flexibility index (Phi) is 11.3. The van der Waals surface area contributed by atoms with Crippen molar-refractivity contribution in [2.75, 3.05) is 24.9 Å². The number of carbonyl (C=O) groups is 2. The molecule has 41 heavy (non-hydrogen) atoms. The summed E-state index contributed by atoms with van der Waals surface area (Å²) >= 11 is 6.08. The van der Waals surface area contributed by atoms with Crippen LogP contribution in [-0.2, 0) is 32.8 Å². The summed E-state index contributed by atoms with van der Waals surface area (Å²) in [7, 11) is -1.68. The second kappa shape index (κ2) is 14.4. The lowest BCUT2D eigenvalue weighted by atomic mass is 10.0. The third-order valence-corrected chi connectivity index (χ3v) is 8.74. The molecule has 8 nitrogen and oxygen atoms in total. The van der Waals surface area contributed by atoms with Crippen LogP contribution in [-0.4, -0.2) is 62.2 Å². The van der Waals surface area contributed by atoms with E-state index in [0.717, 1.165) is 20.2 Å². The van der Waals surface area contributed by atoms with Gasteiger partial charge in [0.2, 0.25) is 11.8 Å². The van der Waals surface area contributed by atoms with Crippen molar-refractivity contribution in [3.05, 3.63) is 101 Å². The van der Waals surface area contributed by atoms with Gasteiger partial charge >= 0.3 is 10.2 Å². The quantitative estimate of drug-likeness (QED) is 0.308. The van der Waals surface area contributed by atoms with Crippen LogP contribution in [0.25, 0.3) is 0 Å². The van der Waals surface area contributed by atoms with Crippen LogP contribution in [0.3, 0.4) is 0 Å². The van der Waals surface area contributed by atoms with Gasteiger partial charge in [0.15, 0.2) is 0 Å². The Bertz CT molecular complexity index is 1420. The number of para-hydroxylation sites is 1. The van der Waals surface area contributed by atoms with Crippen LogP contribution < -0.4 is 9.62 Å². The van der Waals surface area contributed by atoms with Gasteiger partial charge < -0.3 is 10.2 Å². The van der Waals surface area contributed by atoms with Crippen LogP contribution in [0.2, 0.25) is 5.02 Å². The number of amides is 2. The van der Waals surface area contributed by atoms with Crippen LogP contribution in [0.4, 0.5) is 10.1 Å². The first-order valence-corrected chi connectivity index (χ1v) is 15.0. The van der Waals surface area contributed by atoms with E-state index in [1.165, 1.54) is 37.2 Å². The molecule has 2 atom stereocenters. The fraction of sp³-hybridized carbons (Fsp3) is 0.333. The first-order chi connectivity index (χ1) is 19.4. The second-order valence-corrected chi connectivity index (χ2v) is 12.4. The van der Waals surface area contributed by atoms with Crippen molar-refractivity contribution < 1.29 is 22.4 Å². The molecule has 3 aromatic rings. The topological polar surface area (TPSA) is 90.0 Å². The molecule has 0 aliphatic heterocycles. The second-order valence-electron chi connectivity index (χ2n) is 9.92. The molecule has 11 heteroatoms. The minimum absolute atomic E-state index is 0.00540. The smallest absolute Gasteiger partial charge is 0.304 e. The van der Waals surface area contributed by atoms with Crippen molar-refractivity contribution in [1.82, 2.24) is 14.5 Å². The van der Waals surface area contributed by atoms with Crippen LogP contribution in [0.5, 0.6) is 0 Å². The highest BCUT2D eigenvalue weighted by Crippen LogP contribution is 2.24. The molecule has 2 amide bonds. The van der Waals surface area contributed by atoms with E-state index >= 15 is 0 Å². The van der Waals surface area contributed by atoms with Crippen molar-refractivity contribution in [1.29, 1.82) is 0 Å².